The number of anilines is 1. The monoisotopic (exact) mass is 474 g/mol. The van der Waals surface area contributed by atoms with Crippen LogP contribution in [0.5, 0.6) is 0 Å². The second kappa shape index (κ2) is 10.6. The van der Waals surface area contributed by atoms with Crippen molar-refractivity contribution in [2.24, 2.45) is 7.05 Å². The SMILES string of the molecule is Cn1c(/C=C(\C#N)C(C)(C)NCC(O)CO)ccc1-c1ccc2cc(N3CCOCC3)ccc2c1. The molecule has 7 nitrogen and oxygen atoms in total. The van der Waals surface area contributed by atoms with Gasteiger partial charge in [0.05, 0.1) is 37.6 Å². The molecule has 0 aliphatic carbocycles. The Morgan fingerprint density at radius 1 is 1.14 bits per heavy atom. The van der Waals surface area contributed by atoms with Crippen molar-refractivity contribution in [2.75, 3.05) is 44.4 Å². The number of aromatic nitrogens is 1. The Balaban J connectivity index is 1.58. The molecule has 1 unspecified atom stereocenters. The number of nitrogens with one attached hydrogen (secondary N) is 1. The fraction of sp³-hybridized carbons (Fsp3) is 0.393. The van der Waals surface area contributed by atoms with Crippen molar-refractivity contribution < 1.29 is 14.9 Å². The Labute approximate surface area is 206 Å². The van der Waals surface area contributed by atoms with Gasteiger partial charge in [-0.2, -0.15) is 5.26 Å². The van der Waals surface area contributed by atoms with Crippen LogP contribution < -0.4 is 10.2 Å². The molecule has 1 aliphatic heterocycles. The predicted octanol–water partition coefficient (Wildman–Crippen LogP) is 3.31. The van der Waals surface area contributed by atoms with Crippen LogP contribution in [0.15, 0.2) is 54.1 Å². The minimum atomic E-state index is -0.867. The number of aliphatic hydroxyl groups is 2. The van der Waals surface area contributed by atoms with Gasteiger partial charge >= 0.3 is 0 Å². The lowest BCUT2D eigenvalue weighted by molar-refractivity contribution is 0.0899. The highest BCUT2D eigenvalue weighted by atomic mass is 16.5. The summed E-state index contributed by atoms with van der Waals surface area (Å²) < 4.78 is 7.56. The summed E-state index contributed by atoms with van der Waals surface area (Å²) in [5.41, 5.74) is 4.21. The molecule has 0 bridgehead atoms. The molecule has 2 aromatic carbocycles. The van der Waals surface area contributed by atoms with Crippen LogP contribution >= 0.6 is 0 Å². The third-order valence-electron chi connectivity index (χ3n) is 6.73. The van der Waals surface area contributed by atoms with Crippen LogP contribution in [0.4, 0.5) is 5.69 Å². The molecule has 1 aromatic heterocycles. The molecule has 0 spiro atoms. The molecule has 1 saturated heterocycles. The van der Waals surface area contributed by atoms with Gasteiger partial charge in [0, 0.05) is 49.3 Å². The van der Waals surface area contributed by atoms with Gasteiger partial charge in [-0.3, -0.25) is 0 Å². The summed E-state index contributed by atoms with van der Waals surface area (Å²) in [5.74, 6) is 0. The number of morpholine rings is 1. The van der Waals surface area contributed by atoms with E-state index < -0.39 is 11.6 Å². The van der Waals surface area contributed by atoms with Crippen LogP contribution in [0.25, 0.3) is 28.1 Å². The van der Waals surface area contributed by atoms with Crippen LogP contribution in [-0.4, -0.2) is 65.9 Å². The molecular formula is C28H34N4O3. The first-order valence-corrected chi connectivity index (χ1v) is 12.0. The van der Waals surface area contributed by atoms with Crippen LogP contribution in [0, 0.1) is 11.3 Å². The molecule has 1 atom stereocenters. The van der Waals surface area contributed by atoms with E-state index in [9.17, 15) is 10.4 Å². The first kappa shape index (κ1) is 25.0. The number of nitriles is 1. The maximum atomic E-state index is 9.81. The van der Waals surface area contributed by atoms with Crippen LogP contribution in [0.1, 0.15) is 19.5 Å². The Morgan fingerprint density at radius 3 is 2.57 bits per heavy atom. The highest BCUT2D eigenvalue weighted by Crippen LogP contribution is 2.30. The second-order valence-electron chi connectivity index (χ2n) is 9.56. The molecule has 7 heteroatoms. The second-order valence-corrected chi connectivity index (χ2v) is 9.56. The molecule has 0 radical (unpaired) electrons. The zero-order valence-corrected chi connectivity index (χ0v) is 20.7. The van der Waals surface area contributed by atoms with Gasteiger partial charge in [-0.15, -0.1) is 0 Å². The van der Waals surface area contributed by atoms with E-state index in [2.05, 4.69) is 63.3 Å². The molecule has 3 aromatic rings. The molecule has 4 rings (SSSR count). The number of hydrogen-bond donors (Lipinski definition) is 3. The van der Waals surface area contributed by atoms with E-state index >= 15 is 0 Å². The fourth-order valence-electron chi connectivity index (χ4n) is 4.41. The molecule has 2 heterocycles. The number of ether oxygens (including phenoxy) is 1. The highest BCUT2D eigenvalue weighted by Gasteiger charge is 2.24. The number of benzene rings is 2. The lowest BCUT2D eigenvalue weighted by Gasteiger charge is -2.29. The molecule has 1 fully saturated rings. The topological polar surface area (TPSA) is 93.7 Å². The highest BCUT2D eigenvalue weighted by molar-refractivity contribution is 5.89. The van der Waals surface area contributed by atoms with Gasteiger partial charge < -0.3 is 29.7 Å². The molecule has 0 amide bonds. The van der Waals surface area contributed by atoms with Gasteiger partial charge in [-0.05, 0) is 66.6 Å². The smallest absolute Gasteiger partial charge is 0.0967 e. The van der Waals surface area contributed by atoms with Gasteiger partial charge in [0.1, 0.15) is 0 Å². The van der Waals surface area contributed by atoms with Gasteiger partial charge in [0.2, 0.25) is 0 Å². The minimum Gasteiger partial charge on any atom is -0.394 e. The van der Waals surface area contributed by atoms with E-state index in [4.69, 9.17) is 9.84 Å². The first-order valence-electron chi connectivity index (χ1n) is 12.0. The van der Waals surface area contributed by atoms with E-state index in [1.807, 2.05) is 33.0 Å². The maximum absolute atomic E-state index is 9.81. The Morgan fingerprint density at radius 2 is 1.86 bits per heavy atom. The average Bonchev–Trinajstić information content (AvgIpc) is 3.25. The van der Waals surface area contributed by atoms with Crippen molar-refractivity contribution >= 4 is 22.5 Å². The van der Waals surface area contributed by atoms with Crippen molar-refractivity contribution in [2.45, 2.75) is 25.5 Å². The Kier molecular flexibility index (Phi) is 7.58. The summed E-state index contributed by atoms with van der Waals surface area (Å²) in [4.78, 5) is 2.36. The van der Waals surface area contributed by atoms with E-state index in [1.54, 1.807) is 0 Å². The van der Waals surface area contributed by atoms with Gasteiger partial charge in [0.25, 0.3) is 0 Å². The van der Waals surface area contributed by atoms with E-state index in [0.29, 0.717) is 5.57 Å². The van der Waals surface area contributed by atoms with Crippen molar-refractivity contribution in [3.63, 3.8) is 0 Å². The zero-order chi connectivity index (χ0) is 25.0. The molecule has 3 N–H and O–H groups in total. The summed E-state index contributed by atoms with van der Waals surface area (Å²) in [6, 6.07) is 19.5. The summed E-state index contributed by atoms with van der Waals surface area (Å²) in [6.45, 7) is 7.04. The molecule has 0 saturated carbocycles. The van der Waals surface area contributed by atoms with E-state index in [1.165, 1.54) is 16.5 Å². The average molecular weight is 475 g/mol. The number of fused-ring (bicyclic) bond motifs is 1. The van der Waals surface area contributed by atoms with Crippen molar-refractivity contribution in [1.82, 2.24) is 9.88 Å². The van der Waals surface area contributed by atoms with Gasteiger partial charge in [-0.1, -0.05) is 18.2 Å². The number of hydrogen-bond acceptors (Lipinski definition) is 6. The van der Waals surface area contributed by atoms with Crippen molar-refractivity contribution in [1.29, 1.82) is 5.26 Å². The number of nitrogens with zero attached hydrogens (tertiary/aromatic N) is 3. The summed E-state index contributed by atoms with van der Waals surface area (Å²) in [6.07, 6.45) is 1.01. The largest absolute Gasteiger partial charge is 0.394 e. The number of rotatable bonds is 8. The standard InChI is InChI=1S/C28H34N4O3/c1-28(2,30-18-26(34)19-33)23(17-29)16-24-8-9-27(31(24)3)22-5-4-21-15-25(7-6-20(21)14-22)32-10-12-35-13-11-32/h4-9,14-16,26,30,33-34H,10-13,18-19H2,1-3H3/b23-16+. The molecule has 1 aliphatic rings. The third-order valence-corrected chi connectivity index (χ3v) is 6.73. The maximum Gasteiger partial charge on any atom is 0.0967 e. The Hall–Kier alpha value is -3.15. The number of aliphatic hydroxyl groups excluding tert-OH is 2. The minimum absolute atomic E-state index is 0.200. The summed E-state index contributed by atoms with van der Waals surface area (Å²) in [5, 5.41) is 34.1. The molecular weight excluding hydrogens is 440 g/mol. The van der Waals surface area contributed by atoms with Crippen LogP contribution in [0.2, 0.25) is 0 Å². The van der Waals surface area contributed by atoms with Crippen LogP contribution in [0.3, 0.4) is 0 Å². The normalized spacial score (nSPS) is 15.9. The van der Waals surface area contributed by atoms with E-state index in [-0.39, 0.29) is 13.2 Å². The fourth-order valence-corrected chi connectivity index (χ4v) is 4.41. The van der Waals surface area contributed by atoms with Gasteiger partial charge in [-0.25, -0.2) is 0 Å². The zero-order valence-electron chi connectivity index (χ0n) is 20.7. The first-order chi connectivity index (χ1) is 16.8. The number of β-amino-alcohol motifs (C(OH)–C–C–N with tert-alkyl or cyclic N) is 1. The van der Waals surface area contributed by atoms with Gasteiger partial charge in [0.15, 0.2) is 0 Å². The lowest BCUT2D eigenvalue weighted by atomic mass is 9.93. The molecule has 35 heavy (non-hydrogen) atoms. The Bertz CT molecular complexity index is 1250. The third kappa shape index (κ3) is 5.58. The van der Waals surface area contributed by atoms with Crippen LogP contribution in [-0.2, 0) is 11.8 Å². The summed E-state index contributed by atoms with van der Waals surface area (Å²) in [7, 11) is 2.00. The van der Waals surface area contributed by atoms with Crippen molar-refractivity contribution in [3.05, 3.63) is 59.8 Å². The molecule has 184 valence electrons. The van der Waals surface area contributed by atoms with Crippen molar-refractivity contribution in [3.8, 4) is 17.3 Å². The quantitative estimate of drug-likeness (QED) is 0.434. The predicted molar refractivity (Wildman–Crippen MR) is 140 cm³/mol. The van der Waals surface area contributed by atoms with E-state index in [0.717, 1.165) is 43.3 Å². The summed E-state index contributed by atoms with van der Waals surface area (Å²) >= 11 is 0. The lowest BCUT2D eigenvalue weighted by Crippen LogP contribution is -2.45.